The first kappa shape index (κ1) is 30.9. The average Bonchev–Trinajstić information content (AvgIpc) is 3.52. The molecular formula is C32H37N3O10S. The minimum atomic E-state index is -1.04. The Balaban J connectivity index is 1.49. The van der Waals surface area contributed by atoms with Crippen LogP contribution in [0.15, 0.2) is 6.07 Å². The van der Waals surface area contributed by atoms with Gasteiger partial charge < -0.3 is 44.5 Å². The van der Waals surface area contributed by atoms with Crippen molar-refractivity contribution >= 4 is 29.6 Å². The van der Waals surface area contributed by atoms with Crippen LogP contribution >= 0.6 is 11.8 Å². The maximum Gasteiger partial charge on any atom is 0.329 e. The highest BCUT2D eigenvalue weighted by Gasteiger charge is 2.58. The first-order valence-corrected chi connectivity index (χ1v) is 16.4. The van der Waals surface area contributed by atoms with E-state index in [1.54, 1.807) is 13.8 Å². The van der Waals surface area contributed by atoms with Crippen molar-refractivity contribution in [3.63, 3.8) is 0 Å². The molecule has 46 heavy (non-hydrogen) atoms. The Morgan fingerprint density at radius 3 is 2.63 bits per heavy atom. The standard InChI is InChI=1S/C32H37N3O10S/c1-6-19(37)33-17-10-46-30-22-21(29-28(43-11-44-29)13(3)27(22)45-14(4)36)18(9-42-32(17)40)35-24(30)23-20-15(8-16(34-23)31(35)39)7-12(2)26(41-5)25(20)38/h7,16-18,23-24,30-31,34,38-39H,6,8-11H2,1-5H3,(H,33,37)/t16-,17?,18+,23-,24?,30+,31-/m0/s1. The number of carbonyl (C=O) groups is 3. The van der Waals surface area contributed by atoms with E-state index in [0.717, 1.165) is 11.1 Å². The van der Waals surface area contributed by atoms with Gasteiger partial charge in [-0.2, -0.15) is 0 Å². The van der Waals surface area contributed by atoms with E-state index >= 15 is 0 Å². The number of nitrogens with one attached hydrogen (secondary N) is 2. The van der Waals surface area contributed by atoms with Crippen LogP contribution in [0.25, 0.3) is 0 Å². The summed E-state index contributed by atoms with van der Waals surface area (Å²) < 4.78 is 29.4. The molecule has 7 atom stereocenters. The number of aromatic hydroxyl groups is 1. The van der Waals surface area contributed by atoms with E-state index in [-0.39, 0.29) is 37.2 Å². The minimum Gasteiger partial charge on any atom is -0.504 e. The molecule has 0 aliphatic carbocycles. The summed E-state index contributed by atoms with van der Waals surface area (Å²) in [5.74, 6) is 0.281. The third kappa shape index (κ3) is 4.60. The molecule has 13 nitrogen and oxygen atoms in total. The van der Waals surface area contributed by atoms with Gasteiger partial charge in [-0.25, -0.2) is 4.79 Å². The SMILES string of the molecule is CCC(=O)NC1CS[C@@H]2c3c(OC(C)=O)c(C)c4c(c3[C@@H](COC1=O)N1C2[C@H]2N[C@@H](Cc3cc(C)c(OC)c(O)c32)[C@@H]1O)OCO4. The highest BCUT2D eigenvalue weighted by molar-refractivity contribution is 7.99. The van der Waals surface area contributed by atoms with Gasteiger partial charge in [0, 0.05) is 47.4 Å². The summed E-state index contributed by atoms with van der Waals surface area (Å²) in [5, 5.41) is 29.6. The summed E-state index contributed by atoms with van der Waals surface area (Å²) in [7, 11) is 1.51. The Morgan fingerprint density at radius 2 is 1.91 bits per heavy atom. The van der Waals surface area contributed by atoms with Crippen molar-refractivity contribution < 1.29 is 48.3 Å². The molecule has 6 aliphatic rings. The molecule has 4 N–H and O–H groups in total. The van der Waals surface area contributed by atoms with E-state index in [0.29, 0.717) is 51.7 Å². The van der Waals surface area contributed by atoms with Gasteiger partial charge >= 0.3 is 11.9 Å². The van der Waals surface area contributed by atoms with Gasteiger partial charge in [-0.05, 0) is 31.4 Å². The molecule has 0 saturated carbocycles. The van der Waals surface area contributed by atoms with Crippen LogP contribution in [0.3, 0.4) is 0 Å². The van der Waals surface area contributed by atoms with Crippen LogP contribution in [0.1, 0.15) is 71.0 Å². The summed E-state index contributed by atoms with van der Waals surface area (Å²) in [6.07, 6.45) is -0.415. The van der Waals surface area contributed by atoms with Crippen LogP contribution in [0.2, 0.25) is 0 Å². The fraction of sp³-hybridized carbons (Fsp3) is 0.531. The summed E-state index contributed by atoms with van der Waals surface area (Å²) in [6.45, 7) is 6.45. The number of rotatable bonds is 4. The van der Waals surface area contributed by atoms with Crippen LogP contribution in [0.5, 0.6) is 28.7 Å². The zero-order chi connectivity index (χ0) is 32.6. The molecule has 14 heteroatoms. The molecule has 6 aliphatic heterocycles. The summed E-state index contributed by atoms with van der Waals surface area (Å²) in [6, 6.07) is -1.21. The lowest BCUT2D eigenvalue weighted by atomic mass is 9.74. The molecule has 2 saturated heterocycles. The molecular weight excluding hydrogens is 618 g/mol. The monoisotopic (exact) mass is 655 g/mol. The number of hydrogen-bond donors (Lipinski definition) is 4. The number of benzene rings is 2. The van der Waals surface area contributed by atoms with Crippen LogP contribution in [0.4, 0.5) is 0 Å². The van der Waals surface area contributed by atoms with Crippen molar-refractivity contribution in [3.8, 4) is 28.7 Å². The molecule has 1 amide bonds. The molecule has 2 fully saturated rings. The lowest BCUT2D eigenvalue weighted by Crippen LogP contribution is -2.69. The van der Waals surface area contributed by atoms with Gasteiger partial charge in [-0.1, -0.05) is 13.0 Å². The lowest BCUT2D eigenvalue weighted by molar-refractivity contribution is -0.160. The Kier molecular flexibility index (Phi) is 7.73. The maximum atomic E-state index is 13.4. The van der Waals surface area contributed by atoms with Crippen molar-refractivity contribution in [2.75, 3.05) is 26.3 Å². The van der Waals surface area contributed by atoms with Gasteiger partial charge in [0.2, 0.25) is 12.7 Å². The normalized spacial score (nSPS) is 29.2. The maximum absolute atomic E-state index is 13.4. The lowest BCUT2D eigenvalue weighted by Gasteiger charge is -2.59. The molecule has 246 valence electrons. The number of piperazine rings is 1. The fourth-order valence-electron chi connectivity index (χ4n) is 7.78. The molecule has 6 heterocycles. The van der Waals surface area contributed by atoms with Crippen LogP contribution in [0, 0.1) is 13.8 Å². The number of esters is 2. The molecule has 2 aromatic rings. The number of phenols is 1. The highest BCUT2D eigenvalue weighted by Crippen LogP contribution is 2.62. The van der Waals surface area contributed by atoms with E-state index < -0.39 is 53.6 Å². The number of fused-ring (bicyclic) bond motifs is 10. The molecule has 2 unspecified atom stereocenters. The third-order valence-corrected chi connectivity index (χ3v) is 11.0. The molecule has 0 aromatic heterocycles. The van der Waals surface area contributed by atoms with Crippen molar-refractivity contribution in [1.82, 2.24) is 15.5 Å². The second-order valence-corrected chi connectivity index (χ2v) is 13.4. The number of aryl methyl sites for hydroxylation is 1. The number of thioether (sulfide) groups is 1. The van der Waals surface area contributed by atoms with Gasteiger partial charge in [0.05, 0.1) is 30.5 Å². The predicted octanol–water partition coefficient (Wildman–Crippen LogP) is 2.21. The van der Waals surface area contributed by atoms with Gasteiger partial charge in [-0.3, -0.25) is 14.5 Å². The Morgan fingerprint density at radius 1 is 1.15 bits per heavy atom. The average molecular weight is 656 g/mol. The Labute approximate surface area is 269 Å². The number of carbonyl (C=O) groups excluding carboxylic acids is 3. The van der Waals surface area contributed by atoms with E-state index in [2.05, 4.69) is 10.6 Å². The largest absolute Gasteiger partial charge is 0.504 e. The summed E-state index contributed by atoms with van der Waals surface area (Å²) in [5.41, 5.74) is 4.17. The predicted molar refractivity (Wildman–Crippen MR) is 164 cm³/mol. The quantitative estimate of drug-likeness (QED) is 0.280. The Bertz CT molecular complexity index is 1650. The Hall–Kier alpha value is -3.72. The smallest absolute Gasteiger partial charge is 0.329 e. The van der Waals surface area contributed by atoms with Gasteiger partial charge in [0.15, 0.2) is 23.0 Å². The van der Waals surface area contributed by atoms with Crippen LogP contribution < -0.4 is 29.6 Å². The highest BCUT2D eigenvalue weighted by atomic mass is 32.2. The molecule has 0 spiro atoms. The number of aliphatic hydroxyl groups is 1. The molecule has 0 radical (unpaired) electrons. The van der Waals surface area contributed by atoms with E-state index in [1.807, 2.05) is 17.9 Å². The first-order chi connectivity index (χ1) is 22.0. The topological polar surface area (TPSA) is 165 Å². The number of methoxy groups -OCH3 is 1. The number of hydrogen-bond acceptors (Lipinski definition) is 13. The van der Waals surface area contributed by atoms with Crippen molar-refractivity contribution in [1.29, 1.82) is 0 Å². The first-order valence-electron chi connectivity index (χ1n) is 15.4. The number of phenolic OH excluding ortho intramolecular Hbond substituents is 1. The number of aliphatic hydroxyl groups excluding tert-OH is 1. The second-order valence-electron chi connectivity index (χ2n) is 12.3. The number of ether oxygens (including phenoxy) is 5. The zero-order valence-corrected chi connectivity index (χ0v) is 27.0. The zero-order valence-electron chi connectivity index (χ0n) is 26.2. The number of nitrogens with zero attached hydrogens (tertiary/aromatic N) is 1. The molecule has 2 aromatic carbocycles. The van der Waals surface area contributed by atoms with Gasteiger partial charge in [0.25, 0.3) is 0 Å². The summed E-state index contributed by atoms with van der Waals surface area (Å²) >= 11 is 1.38. The third-order valence-electron chi connectivity index (χ3n) is 9.64. The van der Waals surface area contributed by atoms with Crippen molar-refractivity contribution in [3.05, 3.63) is 39.4 Å². The van der Waals surface area contributed by atoms with E-state index in [1.165, 1.54) is 25.8 Å². The summed E-state index contributed by atoms with van der Waals surface area (Å²) in [4.78, 5) is 40.4. The van der Waals surface area contributed by atoms with Crippen molar-refractivity contribution in [2.45, 2.75) is 82.2 Å². The van der Waals surface area contributed by atoms with E-state index in [4.69, 9.17) is 23.7 Å². The second kappa shape index (κ2) is 11.5. The van der Waals surface area contributed by atoms with Gasteiger partial charge in [-0.15, -0.1) is 11.8 Å². The van der Waals surface area contributed by atoms with Crippen LogP contribution in [-0.4, -0.2) is 83.6 Å². The van der Waals surface area contributed by atoms with E-state index in [9.17, 15) is 24.6 Å². The number of amides is 1. The molecule has 4 bridgehead atoms. The minimum absolute atomic E-state index is 0.0181. The van der Waals surface area contributed by atoms with Gasteiger partial charge in [0.1, 0.15) is 24.6 Å². The van der Waals surface area contributed by atoms with Crippen molar-refractivity contribution in [2.24, 2.45) is 0 Å². The fourth-order valence-corrected chi connectivity index (χ4v) is 9.30. The van der Waals surface area contributed by atoms with Crippen LogP contribution in [-0.2, 0) is 25.5 Å². The molecule has 8 rings (SSSR count).